The molecule has 3 amide bonds. The molecule has 0 aliphatic carbocycles. The summed E-state index contributed by atoms with van der Waals surface area (Å²) in [7, 11) is -4.18. The molecule has 28 heavy (non-hydrogen) atoms. The predicted octanol–water partition coefficient (Wildman–Crippen LogP) is 3.94. The number of ether oxygens (including phenoxy) is 1. The molecule has 154 valence electrons. The SMILES string of the molecule is C=CC1C(C(C)C)N(C(=O)OC(C)(C)C)C(=O)N1S(=O)(=O)c1ccc(C)cc1. The molecular weight excluding hydrogens is 380 g/mol. The molecule has 2 atom stereocenters. The van der Waals surface area contributed by atoms with Crippen molar-refractivity contribution in [3.8, 4) is 0 Å². The summed E-state index contributed by atoms with van der Waals surface area (Å²) < 4.78 is 32.5. The Kier molecular flexibility index (Phi) is 5.94. The number of amides is 3. The molecule has 1 heterocycles. The molecular formula is C20H28N2O5S. The lowest BCUT2D eigenvalue weighted by molar-refractivity contribution is 0.0261. The van der Waals surface area contributed by atoms with Crippen molar-refractivity contribution in [2.75, 3.05) is 0 Å². The average Bonchev–Trinajstić information content (AvgIpc) is 2.87. The number of carbonyl (C=O) groups is 2. The summed E-state index contributed by atoms with van der Waals surface area (Å²) in [6, 6.07) is 3.64. The maximum Gasteiger partial charge on any atom is 0.418 e. The van der Waals surface area contributed by atoms with Crippen LogP contribution in [0.1, 0.15) is 40.2 Å². The van der Waals surface area contributed by atoms with Gasteiger partial charge in [-0.05, 0) is 45.7 Å². The van der Waals surface area contributed by atoms with E-state index in [2.05, 4.69) is 6.58 Å². The summed E-state index contributed by atoms with van der Waals surface area (Å²) in [6.07, 6.45) is 0.517. The third kappa shape index (κ3) is 4.06. The molecule has 0 saturated carbocycles. The fourth-order valence-corrected chi connectivity index (χ4v) is 4.71. The smallest absolute Gasteiger partial charge is 0.418 e. The van der Waals surface area contributed by atoms with Crippen LogP contribution in [-0.2, 0) is 14.8 Å². The first kappa shape index (κ1) is 21.9. The maximum absolute atomic E-state index is 13.2. The lowest BCUT2D eigenvalue weighted by Gasteiger charge is -2.29. The van der Waals surface area contributed by atoms with E-state index in [1.54, 1.807) is 32.9 Å². The standard InChI is InChI=1S/C20H28N2O5S/c1-8-16-17(13(2)3)21(19(24)27-20(5,6)7)18(23)22(16)28(25,26)15-11-9-14(4)10-12-15/h8-13,16-17H,1H2,2-7H3. The minimum Gasteiger partial charge on any atom is -0.443 e. The van der Waals surface area contributed by atoms with E-state index in [0.29, 0.717) is 0 Å². The summed E-state index contributed by atoms with van der Waals surface area (Å²) in [6.45, 7) is 14.2. The fraction of sp³-hybridized carbons (Fsp3) is 0.500. The van der Waals surface area contributed by atoms with Crippen molar-refractivity contribution in [2.24, 2.45) is 5.92 Å². The predicted molar refractivity (Wildman–Crippen MR) is 106 cm³/mol. The molecule has 1 aliphatic rings. The van der Waals surface area contributed by atoms with Crippen LogP contribution in [0.3, 0.4) is 0 Å². The minimum atomic E-state index is -4.18. The molecule has 0 aromatic heterocycles. The van der Waals surface area contributed by atoms with Crippen LogP contribution in [0, 0.1) is 12.8 Å². The highest BCUT2D eigenvalue weighted by Crippen LogP contribution is 2.35. The number of carbonyl (C=O) groups excluding carboxylic acids is 2. The van der Waals surface area contributed by atoms with Gasteiger partial charge in [-0.3, -0.25) is 0 Å². The number of sulfonamides is 1. The zero-order valence-electron chi connectivity index (χ0n) is 17.2. The molecule has 1 aliphatic heterocycles. The van der Waals surface area contributed by atoms with Crippen molar-refractivity contribution in [2.45, 2.75) is 64.1 Å². The van der Waals surface area contributed by atoms with E-state index in [-0.39, 0.29) is 10.8 Å². The van der Waals surface area contributed by atoms with Crippen LogP contribution < -0.4 is 0 Å². The molecule has 0 radical (unpaired) electrons. The van der Waals surface area contributed by atoms with Crippen LogP contribution in [0.15, 0.2) is 41.8 Å². The van der Waals surface area contributed by atoms with Gasteiger partial charge in [0.1, 0.15) is 5.60 Å². The van der Waals surface area contributed by atoms with Crippen molar-refractivity contribution in [1.82, 2.24) is 9.21 Å². The Morgan fingerprint density at radius 1 is 1.21 bits per heavy atom. The van der Waals surface area contributed by atoms with Gasteiger partial charge in [-0.2, -0.15) is 0 Å². The third-order valence-corrected chi connectivity index (χ3v) is 6.19. The summed E-state index contributed by atoms with van der Waals surface area (Å²) in [5, 5.41) is 0. The summed E-state index contributed by atoms with van der Waals surface area (Å²) in [4.78, 5) is 26.7. The van der Waals surface area contributed by atoms with Gasteiger partial charge in [-0.15, -0.1) is 6.58 Å². The Bertz CT molecular complexity index is 869. The van der Waals surface area contributed by atoms with Crippen LogP contribution in [0.5, 0.6) is 0 Å². The molecule has 8 heteroatoms. The second-order valence-electron chi connectivity index (χ2n) is 8.21. The van der Waals surface area contributed by atoms with Gasteiger partial charge >= 0.3 is 12.1 Å². The summed E-state index contributed by atoms with van der Waals surface area (Å²) in [5.41, 5.74) is 0.0636. The zero-order valence-corrected chi connectivity index (χ0v) is 18.0. The molecule has 1 saturated heterocycles. The van der Waals surface area contributed by atoms with E-state index in [4.69, 9.17) is 4.74 Å². The molecule has 7 nitrogen and oxygen atoms in total. The second kappa shape index (κ2) is 7.58. The van der Waals surface area contributed by atoms with Gasteiger partial charge in [0.25, 0.3) is 10.0 Å². The number of rotatable bonds is 4. The van der Waals surface area contributed by atoms with Gasteiger partial charge in [-0.25, -0.2) is 27.2 Å². The van der Waals surface area contributed by atoms with Gasteiger partial charge in [0, 0.05) is 0 Å². The average molecular weight is 409 g/mol. The van der Waals surface area contributed by atoms with Crippen molar-refractivity contribution in [3.05, 3.63) is 42.5 Å². The summed E-state index contributed by atoms with van der Waals surface area (Å²) >= 11 is 0. The number of urea groups is 1. The van der Waals surface area contributed by atoms with Gasteiger partial charge in [0.2, 0.25) is 0 Å². The number of aryl methyl sites for hydroxylation is 1. The first-order valence-electron chi connectivity index (χ1n) is 9.11. The Morgan fingerprint density at radius 3 is 2.18 bits per heavy atom. The monoisotopic (exact) mass is 408 g/mol. The number of hydrogen-bond acceptors (Lipinski definition) is 5. The van der Waals surface area contributed by atoms with Crippen LogP contribution in [0.25, 0.3) is 0 Å². The number of nitrogens with zero attached hydrogens (tertiary/aromatic N) is 2. The number of hydrogen-bond donors (Lipinski definition) is 0. The second-order valence-corrected chi connectivity index (χ2v) is 10.0. The fourth-order valence-electron chi connectivity index (χ4n) is 3.18. The van der Waals surface area contributed by atoms with E-state index >= 15 is 0 Å². The Hall–Kier alpha value is -2.35. The topological polar surface area (TPSA) is 84.0 Å². The lowest BCUT2D eigenvalue weighted by atomic mass is 9.97. The van der Waals surface area contributed by atoms with E-state index in [9.17, 15) is 18.0 Å². The Balaban J connectivity index is 2.55. The summed E-state index contributed by atoms with van der Waals surface area (Å²) in [5.74, 6) is -0.210. The highest BCUT2D eigenvalue weighted by molar-refractivity contribution is 7.89. The van der Waals surface area contributed by atoms with E-state index in [0.717, 1.165) is 14.8 Å². The van der Waals surface area contributed by atoms with Crippen LogP contribution >= 0.6 is 0 Å². The van der Waals surface area contributed by atoms with Crippen molar-refractivity contribution >= 4 is 22.1 Å². The normalized spacial score (nSPS) is 20.6. The van der Waals surface area contributed by atoms with Gasteiger partial charge in [0.15, 0.2) is 0 Å². The minimum absolute atomic E-state index is 0.0214. The largest absolute Gasteiger partial charge is 0.443 e. The quantitative estimate of drug-likeness (QED) is 0.705. The molecule has 1 aromatic rings. The lowest BCUT2D eigenvalue weighted by Crippen LogP contribution is -2.46. The zero-order chi connectivity index (χ0) is 21.4. The van der Waals surface area contributed by atoms with Gasteiger partial charge in [0.05, 0.1) is 17.0 Å². The molecule has 2 unspecified atom stereocenters. The van der Waals surface area contributed by atoms with Crippen molar-refractivity contribution in [3.63, 3.8) is 0 Å². The van der Waals surface area contributed by atoms with E-state index in [1.165, 1.54) is 18.2 Å². The Labute approximate surface area is 167 Å². The molecule has 0 bridgehead atoms. The van der Waals surface area contributed by atoms with Gasteiger partial charge < -0.3 is 4.74 Å². The molecule has 0 N–H and O–H groups in total. The third-order valence-electron chi connectivity index (χ3n) is 4.41. The highest BCUT2D eigenvalue weighted by atomic mass is 32.2. The number of benzene rings is 1. The molecule has 1 aromatic carbocycles. The van der Waals surface area contributed by atoms with Crippen molar-refractivity contribution in [1.29, 1.82) is 0 Å². The first-order valence-corrected chi connectivity index (χ1v) is 10.5. The van der Waals surface area contributed by atoms with Gasteiger partial charge in [-0.1, -0.05) is 37.6 Å². The van der Waals surface area contributed by atoms with E-state index < -0.39 is 39.8 Å². The van der Waals surface area contributed by atoms with Crippen LogP contribution in [-0.4, -0.2) is 47.4 Å². The first-order chi connectivity index (χ1) is 12.8. The Morgan fingerprint density at radius 2 is 1.75 bits per heavy atom. The number of imide groups is 1. The maximum atomic E-state index is 13.2. The van der Waals surface area contributed by atoms with Crippen LogP contribution in [0.4, 0.5) is 9.59 Å². The van der Waals surface area contributed by atoms with Crippen LogP contribution in [0.2, 0.25) is 0 Å². The molecule has 1 fully saturated rings. The highest BCUT2D eigenvalue weighted by Gasteiger charge is 2.54. The molecule has 0 spiro atoms. The van der Waals surface area contributed by atoms with Crippen molar-refractivity contribution < 1.29 is 22.7 Å². The molecule has 2 rings (SSSR count). The van der Waals surface area contributed by atoms with E-state index in [1.807, 2.05) is 20.8 Å².